The summed E-state index contributed by atoms with van der Waals surface area (Å²) in [5.41, 5.74) is 7.23. The third kappa shape index (κ3) is 5.69. The third-order valence-corrected chi connectivity index (χ3v) is 6.40. The zero-order chi connectivity index (χ0) is 25.7. The fourth-order valence-electron chi connectivity index (χ4n) is 3.55. The molecule has 4 rings (SSSR count). The Balaban J connectivity index is 1.40. The number of nitrogens with one attached hydrogen (secondary N) is 3. The van der Waals surface area contributed by atoms with Gasteiger partial charge in [0, 0.05) is 16.5 Å². The van der Waals surface area contributed by atoms with E-state index in [0.717, 1.165) is 16.0 Å². The molecule has 188 valence electrons. The monoisotopic (exact) mass is 527 g/mol. The number of benzene rings is 2. The lowest BCUT2D eigenvalue weighted by atomic mass is 10.0. The fourth-order valence-corrected chi connectivity index (χ4v) is 4.83. The lowest BCUT2D eigenvalue weighted by Crippen LogP contribution is -2.48. The van der Waals surface area contributed by atoms with Crippen LogP contribution in [0.25, 0.3) is 11.1 Å². The summed E-state index contributed by atoms with van der Waals surface area (Å²) in [6.45, 7) is 5.67. The van der Waals surface area contributed by atoms with E-state index in [0.29, 0.717) is 27.8 Å². The van der Waals surface area contributed by atoms with Crippen molar-refractivity contribution in [2.45, 2.75) is 26.9 Å². The molecule has 1 aromatic heterocycles. The molecule has 1 aliphatic heterocycles. The summed E-state index contributed by atoms with van der Waals surface area (Å²) in [5.74, 6) is 0.737. The van der Waals surface area contributed by atoms with Gasteiger partial charge in [0.1, 0.15) is 16.3 Å². The topological polar surface area (TPSA) is 107 Å². The van der Waals surface area contributed by atoms with E-state index < -0.39 is 18.0 Å². The third-order valence-electron chi connectivity index (χ3n) is 5.18. The van der Waals surface area contributed by atoms with Crippen molar-refractivity contribution >= 4 is 45.5 Å². The second-order valence-corrected chi connectivity index (χ2v) is 9.30. The van der Waals surface area contributed by atoms with Gasteiger partial charge >= 0.3 is 5.97 Å². The summed E-state index contributed by atoms with van der Waals surface area (Å²) in [6, 6.07) is 14.6. The van der Waals surface area contributed by atoms with Gasteiger partial charge in [-0.05, 0) is 50.7 Å². The first-order chi connectivity index (χ1) is 17.4. The van der Waals surface area contributed by atoms with Gasteiger partial charge in [-0.2, -0.15) is 0 Å². The number of thiocarbonyl (C=S) groups is 1. The number of fused-ring (bicyclic) bond motifs is 1. The molecule has 0 radical (unpaired) electrons. The van der Waals surface area contributed by atoms with Gasteiger partial charge in [0.25, 0.3) is 5.91 Å². The molecule has 2 aromatic carbocycles. The van der Waals surface area contributed by atoms with Crippen molar-refractivity contribution in [3.05, 3.63) is 59.0 Å². The van der Waals surface area contributed by atoms with Crippen LogP contribution in [0.5, 0.6) is 17.2 Å². The van der Waals surface area contributed by atoms with Crippen LogP contribution in [0.1, 0.15) is 29.1 Å². The fraction of sp³-hybridized carbons (Fsp3) is 0.240. The number of hydrogen-bond donors (Lipinski definition) is 3. The number of rotatable bonds is 7. The Hall–Kier alpha value is -3.83. The minimum atomic E-state index is -0.829. The summed E-state index contributed by atoms with van der Waals surface area (Å²) < 4.78 is 21.6. The Morgan fingerprint density at radius 2 is 1.86 bits per heavy atom. The molecule has 0 saturated carbocycles. The maximum Gasteiger partial charge on any atom is 0.341 e. The van der Waals surface area contributed by atoms with Crippen molar-refractivity contribution < 1.29 is 28.5 Å². The zero-order valence-electron chi connectivity index (χ0n) is 19.9. The molecule has 36 heavy (non-hydrogen) atoms. The summed E-state index contributed by atoms with van der Waals surface area (Å²) in [5, 5.41) is 3.62. The molecule has 0 spiro atoms. The Morgan fingerprint density at radius 1 is 1.11 bits per heavy atom. The molecule has 2 heterocycles. The van der Waals surface area contributed by atoms with E-state index in [4.69, 9.17) is 31.2 Å². The molecule has 11 heteroatoms. The average molecular weight is 528 g/mol. The zero-order valence-corrected chi connectivity index (χ0v) is 21.5. The van der Waals surface area contributed by atoms with Crippen LogP contribution in [0, 0.1) is 6.92 Å². The SMILES string of the molecule is CCOC(=O)c1c(NC(=S)NNC(=O)C(C)Oc2ccc3c(c2)OCO3)sc(C)c1-c1ccccc1. The van der Waals surface area contributed by atoms with Crippen LogP contribution < -0.4 is 30.4 Å². The first-order valence-electron chi connectivity index (χ1n) is 11.2. The van der Waals surface area contributed by atoms with Crippen LogP contribution in [-0.4, -0.2) is 36.5 Å². The number of carbonyl (C=O) groups excluding carboxylic acids is 2. The van der Waals surface area contributed by atoms with Crippen LogP contribution in [0.15, 0.2) is 48.5 Å². The van der Waals surface area contributed by atoms with Gasteiger partial charge < -0.3 is 24.3 Å². The molecule has 1 atom stereocenters. The van der Waals surface area contributed by atoms with Gasteiger partial charge in [0.15, 0.2) is 22.7 Å². The number of hydrogen-bond acceptors (Lipinski definition) is 8. The minimum Gasteiger partial charge on any atom is -0.481 e. The van der Waals surface area contributed by atoms with Gasteiger partial charge in [-0.1, -0.05) is 30.3 Å². The van der Waals surface area contributed by atoms with E-state index >= 15 is 0 Å². The molecular formula is C25H25N3O6S2. The highest BCUT2D eigenvalue weighted by Crippen LogP contribution is 2.40. The van der Waals surface area contributed by atoms with Crippen molar-refractivity contribution in [1.82, 2.24) is 10.9 Å². The summed E-state index contributed by atoms with van der Waals surface area (Å²) >= 11 is 6.72. The van der Waals surface area contributed by atoms with E-state index in [1.54, 1.807) is 32.0 Å². The Morgan fingerprint density at radius 3 is 2.61 bits per heavy atom. The van der Waals surface area contributed by atoms with Crippen LogP contribution >= 0.6 is 23.6 Å². The molecule has 0 saturated heterocycles. The van der Waals surface area contributed by atoms with E-state index in [1.807, 2.05) is 37.3 Å². The largest absolute Gasteiger partial charge is 0.481 e. The number of ether oxygens (including phenoxy) is 4. The molecule has 0 aliphatic carbocycles. The molecule has 1 unspecified atom stereocenters. The molecule has 1 aliphatic rings. The van der Waals surface area contributed by atoms with Gasteiger partial charge in [-0.25, -0.2) is 4.79 Å². The highest BCUT2D eigenvalue weighted by Gasteiger charge is 2.25. The predicted octanol–water partition coefficient (Wildman–Crippen LogP) is 4.41. The number of thiophene rings is 1. The van der Waals surface area contributed by atoms with Crippen LogP contribution in [0.2, 0.25) is 0 Å². The van der Waals surface area contributed by atoms with Gasteiger partial charge in [-0.3, -0.25) is 15.6 Å². The number of hydrazine groups is 1. The summed E-state index contributed by atoms with van der Waals surface area (Å²) in [4.78, 5) is 26.3. The van der Waals surface area contributed by atoms with E-state index in [2.05, 4.69) is 16.2 Å². The standard InChI is InChI=1S/C25H25N3O6S2/c1-4-31-24(30)21-20(16-8-6-5-7-9-16)15(3)36-23(21)26-25(35)28-27-22(29)14(2)34-17-10-11-18-19(12-17)33-13-32-18/h5-12,14H,4,13H2,1-3H3,(H,27,29)(H2,26,28,35). The van der Waals surface area contributed by atoms with Crippen molar-refractivity contribution in [3.8, 4) is 28.4 Å². The number of carbonyl (C=O) groups is 2. The van der Waals surface area contributed by atoms with Gasteiger partial charge in [0.05, 0.1) is 6.61 Å². The van der Waals surface area contributed by atoms with Crippen LogP contribution in [0.3, 0.4) is 0 Å². The van der Waals surface area contributed by atoms with Gasteiger partial charge in [0.2, 0.25) is 6.79 Å². The second kappa shape index (κ2) is 11.3. The van der Waals surface area contributed by atoms with Crippen molar-refractivity contribution in [2.75, 3.05) is 18.7 Å². The first-order valence-corrected chi connectivity index (χ1v) is 12.4. The first kappa shape index (κ1) is 25.3. The Kier molecular flexibility index (Phi) is 7.91. The molecular weight excluding hydrogens is 502 g/mol. The second-order valence-electron chi connectivity index (χ2n) is 7.67. The number of aryl methyl sites for hydroxylation is 1. The number of esters is 1. The summed E-state index contributed by atoms with van der Waals surface area (Å²) in [7, 11) is 0. The van der Waals surface area contributed by atoms with E-state index in [1.165, 1.54) is 11.3 Å². The quantitative estimate of drug-likeness (QED) is 0.234. The van der Waals surface area contributed by atoms with Gasteiger partial charge in [-0.15, -0.1) is 11.3 Å². The lowest BCUT2D eigenvalue weighted by molar-refractivity contribution is -0.127. The molecule has 3 N–H and O–H groups in total. The smallest absolute Gasteiger partial charge is 0.341 e. The Bertz CT molecular complexity index is 1280. The highest BCUT2D eigenvalue weighted by molar-refractivity contribution is 7.80. The molecule has 9 nitrogen and oxygen atoms in total. The molecule has 0 fully saturated rings. The van der Waals surface area contributed by atoms with E-state index in [9.17, 15) is 9.59 Å². The van der Waals surface area contributed by atoms with E-state index in [-0.39, 0.29) is 18.5 Å². The minimum absolute atomic E-state index is 0.102. The Labute approximate surface area is 217 Å². The van der Waals surface area contributed by atoms with Crippen molar-refractivity contribution in [2.24, 2.45) is 0 Å². The maximum absolute atomic E-state index is 12.8. The summed E-state index contributed by atoms with van der Waals surface area (Å²) in [6.07, 6.45) is -0.829. The maximum atomic E-state index is 12.8. The normalized spacial score (nSPS) is 12.4. The number of anilines is 1. The average Bonchev–Trinajstić information content (AvgIpc) is 3.46. The molecule has 0 bridgehead atoms. The van der Waals surface area contributed by atoms with Crippen LogP contribution in [0.4, 0.5) is 5.00 Å². The van der Waals surface area contributed by atoms with Crippen LogP contribution in [-0.2, 0) is 9.53 Å². The highest BCUT2D eigenvalue weighted by atomic mass is 32.1. The predicted molar refractivity (Wildman–Crippen MR) is 141 cm³/mol. The molecule has 1 amide bonds. The number of amides is 1. The van der Waals surface area contributed by atoms with Crippen molar-refractivity contribution in [1.29, 1.82) is 0 Å². The van der Waals surface area contributed by atoms with Crippen molar-refractivity contribution in [3.63, 3.8) is 0 Å². The molecule has 3 aromatic rings. The lowest BCUT2D eigenvalue weighted by Gasteiger charge is -2.17.